The molecule has 73 heavy (non-hydrogen) atoms. The number of anilines is 3. The van der Waals surface area contributed by atoms with Crippen LogP contribution in [0.1, 0.15) is 53.1 Å². The highest BCUT2D eigenvalue weighted by molar-refractivity contribution is 6.14. The fourth-order valence-corrected chi connectivity index (χ4v) is 14.3. The molecule has 2 aromatic heterocycles. The molecule has 3 heteroatoms. The van der Waals surface area contributed by atoms with E-state index in [2.05, 4.69) is 266 Å². The van der Waals surface area contributed by atoms with Gasteiger partial charge < -0.3 is 13.9 Å². The summed E-state index contributed by atoms with van der Waals surface area (Å²) >= 11 is 0. The van der Waals surface area contributed by atoms with Crippen molar-refractivity contribution in [2.45, 2.75) is 30.6 Å². The van der Waals surface area contributed by atoms with E-state index in [9.17, 15) is 0 Å². The molecular weight excluding hydrogens is 885 g/mol. The highest BCUT2D eigenvalue weighted by Gasteiger charge is 2.58. The molecule has 0 saturated carbocycles. The van der Waals surface area contributed by atoms with Gasteiger partial charge in [0.25, 0.3) is 0 Å². The summed E-state index contributed by atoms with van der Waals surface area (Å²) in [5.41, 5.74) is 24.0. The van der Waals surface area contributed by atoms with Crippen LogP contribution in [0.3, 0.4) is 0 Å². The maximum atomic E-state index is 6.81. The van der Waals surface area contributed by atoms with Crippen molar-refractivity contribution in [3.63, 3.8) is 0 Å². The second-order valence-corrected chi connectivity index (χ2v) is 21.1. The molecule has 0 saturated heterocycles. The molecule has 0 aliphatic heterocycles. The number of benzene rings is 10. The van der Waals surface area contributed by atoms with E-state index in [4.69, 9.17) is 4.42 Å². The van der Waals surface area contributed by atoms with E-state index in [1.54, 1.807) is 0 Å². The van der Waals surface area contributed by atoms with Gasteiger partial charge in [-0.05, 0) is 121 Å². The summed E-state index contributed by atoms with van der Waals surface area (Å²) in [6.07, 6.45) is 9.51. The molecule has 16 rings (SSSR count). The van der Waals surface area contributed by atoms with Gasteiger partial charge in [0.1, 0.15) is 5.58 Å². The Morgan fingerprint density at radius 1 is 0.466 bits per heavy atom. The van der Waals surface area contributed by atoms with E-state index in [0.29, 0.717) is 0 Å². The molecule has 0 amide bonds. The topological polar surface area (TPSA) is 21.3 Å². The van der Waals surface area contributed by atoms with Crippen LogP contribution in [0.2, 0.25) is 0 Å². The summed E-state index contributed by atoms with van der Waals surface area (Å²) in [5.74, 6) is 0.493. The van der Waals surface area contributed by atoms with Crippen molar-refractivity contribution in [1.29, 1.82) is 0 Å². The lowest BCUT2D eigenvalue weighted by Gasteiger charge is -2.37. The molecule has 4 aliphatic carbocycles. The third-order valence-corrected chi connectivity index (χ3v) is 17.2. The van der Waals surface area contributed by atoms with Crippen LogP contribution in [0.4, 0.5) is 17.1 Å². The van der Waals surface area contributed by atoms with Crippen LogP contribution in [0.25, 0.3) is 82.8 Å². The SMILES string of the molecule is CC1(C)c2ccccc2-c2c3c(cc(-n4c5ccccc5c5cc(N(c6ccc(-c7ccccc7)cc6)c6cccc7c6oc6ccccc67)ccc54)c21)C1(c2ccccc2-3)c2ccccc2C2C=CC=CC21. The maximum Gasteiger partial charge on any atom is 0.159 e. The monoisotopic (exact) mass is 932 g/mol. The Morgan fingerprint density at radius 2 is 1.11 bits per heavy atom. The van der Waals surface area contributed by atoms with Gasteiger partial charge in [-0.2, -0.15) is 0 Å². The average Bonchev–Trinajstić information content (AvgIpc) is 4.33. The van der Waals surface area contributed by atoms with Gasteiger partial charge >= 0.3 is 0 Å². The standard InChI is InChI=1S/C70H48N2O/c1-69(2)55-28-12-8-25-52(55)66-65-53-26-9-15-31-58(53)70(56-29-13-6-21-47(56)48-22-7-14-30-57(48)70)59(65)42-63(67(66)69)72-60-32-16-10-23-49(60)54-41-46(39-40-61(54)72)71(45-37-35-44(36-38-45)43-19-4-3-5-20-43)62-33-18-27-51-50-24-11-17-34-64(50)73-68(51)62/h3-42,47,56H,1-2H3. The minimum Gasteiger partial charge on any atom is -0.454 e. The Labute approximate surface area is 424 Å². The highest BCUT2D eigenvalue weighted by Crippen LogP contribution is 2.69. The lowest BCUT2D eigenvalue weighted by Crippen LogP contribution is -2.33. The predicted molar refractivity (Wildman–Crippen MR) is 302 cm³/mol. The number of para-hydroxylation sites is 3. The van der Waals surface area contributed by atoms with Crippen molar-refractivity contribution in [2.75, 3.05) is 4.90 Å². The number of allylic oxidation sites excluding steroid dienone is 4. The third kappa shape index (κ3) is 5.33. The average molecular weight is 933 g/mol. The van der Waals surface area contributed by atoms with Gasteiger partial charge in [-0.25, -0.2) is 0 Å². The second kappa shape index (κ2) is 14.8. The Balaban J connectivity index is 0.981. The minimum atomic E-state index is -0.389. The van der Waals surface area contributed by atoms with Crippen molar-refractivity contribution in [3.8, 4) is 39.1 Å². The van der Waals surface area contributed by atoms with E-state index in [-0.39, 0.29) is 22.7 Å². The smallest absolute Gasteiger partial charge is 0.159 e. The maximum absolute atomic E-state index is 6.81. The molecule has 0 N–H and O–H groups in total. The van der Waals surface area contributed by atoms with E-state index >= 15 is 0 Å². The summed E-state index contributed by atoms with van der Waals surface area (Å²) in [5, 5.41) is 4.62. The fraction of sp³-hybridized carbons (Fsp3) is 0.0857. The van der Waals surface area contributed by atoms with Crippen molar-refractivity contribution in [1.82, 2.24) is 4.57 Å². The minimum absolute atomic E-state index is 0.220. The molecule has 2 heterocycles. The molecule has 344 valence electrons. The predicted octanol–water partition coefficient (Wildman–Crippen LogP) is 18.3. The number of hydrogen-bond acceptors (Lipinski definition) is 2. The second-order valence-electron chi connectivity index (χ2n) is 21.1. The summed E-state index contributed by atoms with van der Waals surface area (Å²) < 4.78 is 9.43. The van der Waals surface area contributed by atoms with Crippen molar-refractivity contribution in [2.24, 2.45) is 5.92 Å². The lowest BCUT2D eigenvalue weighted by atomic mass is 9.65. The van der Waals surface area contributed by atoms with Crippen molar-refractivity contribution >= 4 is 60.8 Å². The number of rotatable bonds is 5. The largest absolute Gasteiger partial charge is 0.454 e. The normalized spacial score (nSPS) is 18.3. The molecule has 4 aliphatic rings. The first kappa shape index (κ1) is 40.8. The van der Waals surface area contributed by atoms with Crippen molar-refractivity contribution < 1.29 is 4.42 Å². The van der Waals surface area contributed by atoms with Gasteiger partial charge in [-0.15, -0.1) is 0 Å². The van der Waals surface area contributed by atoms with Gasteiger partial charge in [-0.3, -0.25) is 0 Å². The first-order valence-electron chi connectivity index (χ1n) is 25.8. The van der Waals surface area contributed by atoms with Crippen molar-refractivity contribution in [3.05, 3.63) is 276 Å². The van der Waals surface area contributed by atoms with Gasteiger partial charge in [-0.1, -0.05) is 202 Å². The third-order valence-electron chi connectivity index (χ3n) is 17.2. The molecular formula is C70H48N2O. The van der Waals surface area contributed by atoms with Crippen LogP contribution >= 0.6 is 0 Å². The number of nitrogens with zero attached hydrogens (tertiary/aromatic N) is 2. The zero-order valence-corrected chi connectivity index (χ0v) is 40.6. The summed E-state index contributed by atoms with van der Waals surface area (Å²) in [6.45, 7) is 4.90. The molecule has 12 aromatic rings. The molecule has 1 spiro atoms. The van der Waals surface area contributed by atoms with E-state index in [0.717, 1.165) is 39.0 Å². The van der Waals surface area contributed by atoms with E-state index in [1.807, 2.05) is 0 Å². The zero-order chi connectivity index (χ0) is 48.2. The van der Waals surface area contributed by atoms with Crippen LogP contribution in [0.5, 0.6) is 0 Å². The van der Waals surface area contributed by atoms with Gasteiger partial charge in [0, 0.05) is 50.2 Å². The van der Waals surface area contributed by atoms with E-state index < -0.39 is 0 Å². The van der Waals surface area contributed by atoms with Crippen LogP contribution in [0, 0.1) is 5.92 Å². The highest BCUT2D eigenvalue weighted by atomic mass is 16.3. The fourth-order valence-electron chi connectivity index (χ4n) is 14.3. The number of furan rings is 1. The molecule has 0 bridgehead atoms. The first-order chi connectivity index (χ1) is 36.0. The van der Waals surface area contributed by atoms with E-state index in [1.165, 1.54) is 94.3 Å². The Morgan fingerprint density at radius 3 is 1.96 bits per heavy atom. The summed E-state index contributed by atoms with van der Waals surface area (Å²) in [4.78, 5) is 2.39. The Kier molecular flexibility index (Phi) is 8.28. The van der Waals surface area contributed by atoms with Gasteiger partial charge in [0.2, 0.25) is 0 Å². The lowest BCUT2D eigenvalue weighted by molar-refractivity contribution is 0.465. The molecule has 3 atom stereocenters. The van der Waals surface area contributed by atoms with Gasteiger partial charge in [0.15, 0.2) is 5.58 Å². The number of fused-ring (bicyclic) bond motifs is 20. The van der Waals surface area contributed by atoms with Crippen LogP contribution in [-0.4, -0.2) is 4.57 Å². The Hall–Kier alpha value is -8.92. The summed E-state index contributed by atoms with van der Waals surface area (Å²) in [6, 6.07) is 81.3. The number of aromatic nitrogens is 1. The molecule has 3 nitrogen and oxygen atoms in total. The number of hydrogen-bond donors (Lipinski definition) is 0. The first-order valence-corrected chi connectivity index (χ1v) is 25.8. The zero-order valence-electron chi connectivity index (χ0n) is 40.6. The Bertz CT molecular complexity index is 4370. The molecule has 0 fully saturated rings. The van der Waals surface area contributed by atoms with Gasteiger partial charge in [0.05, 0.1) is 27.8 Å². The quantitative estimate of drug-likeness (QED) is 0.171. The van der Waals surface area contributed by atoms with Crippen LogP contribution in [0.15, 0.2) is 247 Å². The van der Waals surface area contributed by atoms with Crippen LogP contribution < -0.4 is 4.90 Å². The molecule has 0 radical (unpaired) electrons. The summed E-state index contributed by atoms with van der Waals surface area (Å²) in [7, 11) is 0. The van der Waals surface area contributed by atoms with Crippen LogP contribution in [-0.2, 0) is 10.8 Å². The molecule has 10 aromatic carbocycles. The molecule has 3 unspecified atom stereocenters.